The third-order valence-electron chi connectivity index (χ3n) is 2.78. The maximum absolute atomic E-state index is 13.5. The highest BCUT2D eigenvalue weighted by Crippen LogP contribution is 2.23. The minimum atomic E-state index is -0.248. The summed E-state index contributed by atoms with van der Waals surface area (Å²) in [4.78, 5) is 14.4. The number of aromatic nitrogens is 1. The molecule has 0 spiro atoms. The van der Waals surface area contributed by atoms with Crippen LogP contribution in [0.25, 0.3) is 10.9 Å². The van der Waals surface area contributed by atoms with Gasteiger partial charge in [0.2, 0.25) is 0 Å². The topological polar surface area (TPSA) is 32.9 Å². The van der Waals surface area contributed by atoms with Gasteiger partial charge in [0.1, 0.15) is 5.82 Å². The lowest BCUT2D eigenvalue weighted by Crippen LogP contribution is -1.96. The fraction of sp³-hybridized carbons (Fsp3) is 0.357. The Morgan fingerprint density at radius 1 is 1.35 bits per heavy atom. The fourth-order valence-corrected chi connectivity index (χ4v) is 2.07. The third kappa shape index (κ3) is 2.38. The van der Waals surface area contributed by atoms with Crippen LogP contribution in [0.15, 0.2) is 18.2 Å². The van der Waals surface area contributed by atoms with Crippen molar-refractivity contribution in [3.05, 3.63) is 35.3 Å². The standard InChI is InChI=1S/C14H16FNO/c1-8(2)4-10-5-12(15)6-11-7-13(9(3)17)16-14(10)11/h5-8,16H,4H2,1-3H3. The Hall–Kier alpha value is -1.64. The summed E-state index contributed by atoms with van der Waals surface area (Å²) in [5, 5.41) is 0.769. The summed E-state index contributed by atoms with van der Waals surface area (Å²) >= 11 is 0. The second-order valence-corrected chi connectivity index (χ2v) is 4.87. The fourth-order valence-electron chi connectivity index (χ4n) is 2.07. The van der Waals surface area contributed by atoms with Gasteiger partial charge in [-0.05, 0) is 36.1 Å². The highest BCUT2D eigenvalue weighted by Gasteiger charge is 2.11. The monoisotopic (exact) mass is 233 g/mol. The van der Waals surface area contributed by atoms with E-state index < -0.39 is 0 Å². The molecule has 1 heterocycles. The molecule has 1 aromatic carbocycles. The maximum atomic E-state index is 13.5. The SMILES string of the molecule is CC(=O)c1cc2cc(F)cc(CC(C)C)c2[nH]1. The molecule has 0 radical (unpaired) electrons. The van der Waals surface area contributed by atoms with Crippen LogP contribution in [0.1, 0.15) is 36.8 Å². The highest BCUT2D eigenvalue weighted by atomic mass is 19.1. The summed E-state index contributed by atoms with van der Waals surface area (Å²) in [5.74, 6) is 0.170. The van der Waals surface area contributed by atoms with Crippen LogP contribution < -0.4 is 0 Å². The van der Waals surface area contributed by atoms with Gasteiger partial charge in [-0.1, -0.05) is 13.8 Å². The molecule has 0 aliphatic carbocycles. The van der Waals surface area contributed by atoms with E-state index in [0.717, 1.165) is 22.9 Å². The molecule has 2 aromatic rings. The van der Waals surface area contributed by atoms with Crippen molar-refractivity contribution in [1.29, 1.82) is 0 Å². The number of aromatic amines is 1. The number of carbonyl (C=O) groups excluding carboxylic acids is 1. The summed E-state index contributed by atoms with van der Waals surface area (Å²) in [6.45, 7) is 5.68. The van der Waals surface area contributed by atoms with Gasteiger partial charge in [-0.2, -0.15) is 0 Å². The molecule has 90 valence electrons. The van der Waals surface area contributed by atoms with Gasteiger partial charge in [-0.3, -0.25) is 4.79 Å². The highest BCUT2D eigenvalue weighted by molar-refractivity contribution is 5.98. The average molecular weight is 233 g/mol. The number of Topliss-reactive ketones (excluding diaryl/α,β-unsaturated/α-hetero) is 1. The summed E-state index contributed by atoms with van der Waals surface area (Å²) < 4.78 is 13.5. The molecule has 1 N–H and O–H groups in total. The number of ketones is 1. The Morgan fingerprint density at radius 2 is 2.06 bits per heavy atom. The molecular formula is C14H16FNO. The van der Waals surface area contributed by atoms with Crippen molar-refractivity contribution >= 4 is 16.7 Å². The summed E-state index contributed by atoms with van der Waals surface area (Å²) in [6.07, 6.45) is 0.798. The number of nitrogens with one attached hydrogen (secondary N) is 1. The number of benzene rings is 1. The molecule has 2 rings (SSSR count). The Kier molecular flexibility index (Phi) is 3.01. The molecule has 17 heavy (non-hydrogen) atoms. The number of fused-ring (bicyclic) bond motifs is 1. The Morgan fingerprint density at radius 3 is 2.65 bits per heavy atom. The van der Waals surface area contributed by atoms with Gasteiger partial charge in [0.05, 0.1) is 5.69 Å². The van der Waals surface area contributed by atoms with Crippen molar-refractivity contribution in [2.45, 2.75) is 27.2 Å². The van der Waals surface area contributed by atoms with E-state index in [4.69, 9.17) is 0 Å². The zero-order chi connectivity index (χ0) is 12.6. The Bertz CT molecular complexity index is 569. The second-order valence-electron chi connectivity index (χ2n) is 4.87. The molecule has 0 aliphatic rings. The minimum absolute atomic E-state index is 0.0305. The lowest BCUT2D eigenvalue weighted by Gasteiger charge is -2.06. The molecule has 0 unspecified atom stereocenters. The Labute approximate surface area is 99.8 Å². The van der Waals surface area contributed by atoms with E-state index in [-0.39, 0.29) is 11.6 Å². The van der Waals surface area contributed by atoms with Crippen LogP contribution in [-0.4, -0.2) is 10.8 Å². The van der Waals surface area contributed by atoms with Crippen LogP contribution in [0.4, 0.5) is 4.39 Å². The first kappa shape index (κ1) is 11.8. The Balaban J connectivity index is 2.61. The van der Waals surface area contributed by atoms with Crippen LogP contribution in [0.3, 0.4) is 0 Å². The van der Waals surface area contributed by atoms with Crippen molar-refractivity contribution in [1.82, 2.24) is 4.98 Å². The zero-order valence-corrected chi connectivity index (χ0v) is 10.3. The predicted molar refractivity (Wildman–Crippen MR) is 66.8 cm³/mol. The molecule has 0 amide bonds. The van der Waals surface area contributed by atoms with Crippen molar-refractivity contribution in [2.75, 3.05) is 0 Å². The molecule has 0 saturated heterocycles. The predicted octanol–water partition coefficient (Wildman–Crippen LogP) is 3.71. The van der Waals surface area contributed by atoms with E-state index in [2.05, 4.69) is 18.8 Å². The molecule has 0 bridgehead atoms. The number of hydrogen-bond donors (Lipinski definition) is 1. The normalized spacial score (nSPS) is 11.4. The summed E-state index contributed by atoms with van der Waals surface area (Å²) in [6, 6.07) is 4.72. The molecular weight excluding hydrogens is 217 g/mol. The summed E-state index contributed by atoms with van der Waals surface area (Å²) in [7, 11) is 0. The average Bonchev–Trinajstić information content (AvgIpc) is 2.60. The van der Waals surface area contributed by atoms with E-state index >= 15 is 0 Å². The van der Waals surface area contributed by atoms with Crippen LogP contribution in [-0.2, 0) is 6.42 Å². The molecule has 3 heteroatoms. The van der Waals surface area contributed by atoms with Gasteiger partial charge in [0.25, 0.3) is 0 Å². The van der Waals surface area contributed by atoms with Crippen LogP contribution >= 0.6 is 0 Å². The first-order valence-electron chi connectivity index (χ1n) is 5.79. The quantitative estimate of drug-likeness (QED) is 0.805. The van der Waals surface area contributed by atoms with Crippen molar-refractivity contribution in [2.24, 2.45) is 5.92 Å². The first-order chi connectivity index (χ1) is 7.97. The van der Waals surface area contributed by atoms with Crippen LogP contribution in [0.5, 0.6) is 0 Å². The molecule has 0 fully saturated rings. The molecule has 0 aliphatic heterocycles. The van der Waals surface area contributed by atoms with Gasteiger partial charge >= 0.3 is 0 Å². The molecule has 0 saturated carbocycles. The smallest absolute Gasteiger partial charge is 0.175 e. The van der Waals surface area contributed by atoms with Gasteiger partial charge in [0.15, 0.2) is 5.78 Å². The van der Waals surface area contributed by atoms with Gasteiger partial charge in [-0.25, -0.2) is 4.39 Å². The van der Waals surface area contributed by atoms with Crippen LogP contribution in [0.2, 0.25) is 0 Å². The lowest BCUT2D eigenvalue weighted by molar-refractivity contribution is 0.101. The minimum Gasteiger partial charge on any atom is -0.352 e. The zero-order valence-electron chi connectivity index (χ0n) is 10.3. The number of carbonyl (C=O) groups is 1. The van der Waals surface area contributed by atoms with E-state index in [1.54, 1.807) is 12.1 Å². The number of halogens is 1. The van der Waals surface area contributed by atoms with Crippen LogP contribution in [0, 0.1) is 11.7 Å². The summed E-state index contributed by atoms with van der Waals surface area (Å²) in [5.41, 5.74) is 2.35. The van der Waals surface area contributed by atoms with Gasteiger partial charge < -0.3 is 4.98 Å². The molecule has 2 nitrogen and oxygen atoms in total. The lowest BCUT2D eigenvalue weighted by atomic mass is 10.0. The number of hydrogen-bond acceptors (Lipinski definition) is 1. The van der Waals surface area contributed by atoms with Crippen molar-refractivity contribution in [3.63, 3.8) is 0 Å². The van der Waals surface area contributed by atoms with Gasteiger partial charge in [-0.15, -0.1) is 0 Å². The number of rotatable bonds is 3. The van der Waals surface area contributed by atoms with Crippen molar-refractivity contribution in [3.8, 4) is 0 Å². The first-order valence-corrected chi connectivity index (χ1v) is 5.79. The van der Waals surface area contributed by atoms with Gasteiger partial charge in [0, 0.05) is 17.8 Å². The molecule has 0 atom stereocenters. The number of H-pyrrole nitrogens is 1. The third-order valence-corrected chi connectivity index (χ3v) is 2.78. The van der Waals surface area contributed by atoms with E-state index in [9.17, 15) is 9.18 Å². The molecule has 1 aromatic heterocycles. The second kappa shape index (κ2) is 4.32. The van der Waals surface area contributed by atoms with E-state index in [1.807, 2.05) is 0 Å². The van der Waals surface area contributed by atoms with E-state index in [1.165, 1.54) is 13.0 Å². The largest absolute Gasteiger partial charge is 0.352 e. The van der Waals surface area contributed by atoms with Crippen molar-refractivity contribution < 1.29 is 9.18 Å². The maximum Gasteiger partial charge on any atom is 0.175 e. The van der Waals surface area contributed by atoms with E-state index in [0.29, 0.717) is 11.6 Å².